The molecular weight excluding hydrogens is 358 g/mol. The van der Waals surface area contributed by atoms with Crippen LogP contribution in [0.25, 0.3) is 0 Å². The number of nitrogen functional groups attached to an aromatic ring is 1. The van der Waals surface area contributed by atoms with E-state index in [2.05, 4.69) is 25.6 Å². The number of methoxy groups -OCH3 is 1. The Balaban J connectivity index is 1.77. The highest BCUT2D eigenvalue weighted by atomic mass is 16.5. The van der Waals surface area contributed by atoms with Gasteiger partial charge in [0.25, 0.3) is 5.91 Å². The summed E-state index contributed by atoms with van der Waals surface area (Å²) in [6, 6.07) is 7.82. The minimum Gasteiger partial charge on any atom is -0.497 e. The predicted octanol–water partition coefficient (Wildman–Crippen LogP) is 0.771. The monoisotopic (exact) mass is 381 g/mol. The number of hydrogen-bond acceptors (Lipinski definition) is 8. The third kappa shape index (κ3) is 4.44. The number of hydrogen-bond donors (Lipinski definition) is 4. The molecule has 28 heavy (non-hydrogen) atoms. The highest BCUT2D eigenvalue weighted by molar-refractivity contribution is 6.00. The third-order valence-electron chi connectivity index (χ3n) is 4.43. The lowest BCUT2D eigenvalue weighted by Crippen LogP contribution is -2.46. The summed E-state index contributed by atoms with van der Waals surface area (Å²) in [4.78, 5) is 24.8. The molecule has 1 aliphatic rings. The third-order valence-corrected chi connectivity index (χ3v) is 4.43. The van der Waals surface area contributed by atoms with Crippen molar-refractivity contribution in [3.05, 3.63) is 59.8 Å². The lowest BCUT2D eigenvalue weighted by molar-refractivity contribution is 0.0963. The van der Waals surface area contributed by atoms with E-state index in [0.717, 1.165) is 24.3 Å². The molecule has 1 aromatic carbocycles. The number of nitrogens with two attached hydrogens (primary N) is 2. The maximum absolute atomic E-state index is 12.4. The van der Waals surface area contributed by atoms with Crippen LogP contribution in [-0.4, -0.2) is 41.8 Å². The molecule has 1 aliphatic heterocycles. The molecular formula is C19H23N7O2. The van der Waals surface area contributed by atoms with Crippen LogP contribution >= 0.6 is 0 Å². The van der Waals surface area contributed by atoms with Gasteiger partial charge in [-0.15, -0.1) is 0 Å². The zero-order valence-electron chi connectivity index (χ0n) is 15.5. The molecule has 2 heterocycles. The first kappa shape index (κ1) is 19.3. The van der Waals surface area contributed by atoms with Gasteiger partial charge < -0.3 is 26.8 Å². The molecule has 0 bridgehead atoms. The first-order chi connectivity index (χ1) is 13.6. The van der Waals surface area contributed by atoms with Crippen molar-refractivity contribution in [3.63, 3.8) is 0 Å². The fourth-order valence-corrected chi connectivity index (χ4v) is 2.82. The predicted molar refractivity (Wildman–Crippen MR) is 107 cm³/mol. The number of aliphatic imine (C=N–C) groups is 1. The molecule has 9 nitrogen and oxygen atoms in total. The Kier molecular flexibility index (Phi) is 6.18. The standard InChI is InChI=1S/C19H23N7O2/c1-28-14-4-2-3-12(9-14)16(15-5-6-22-15)25-11-13(10-20)26-19(27)17-18(21)24-8-7-23-17/h2-4,7-11,15-16,22H,5-6,20H2,1H3,(H2,21,24)(H,26,27)/b13-10+,25-11?. The van der Waals surface area contributed by atoms with Crippen molar-refractivity contribution < 1.29 is 9.53 Å². The molecule has 146 valence electrons. The van der Waals surface area contributed by atoms with Gasteiger partial charge in [-0.25, -0.2) is 9.97 Å². The van der Waals surface area contributed by atoms with E-state index in [1.54, 1.807) is 7.11 Å². The molecule has 1 saturated heterocycles. The quantitative estimate of drug-likeness (QED) is 0.519. The first-order valence-corrected chi connectivity index (χ1v) is 8.82. The number of aromatic nitrogens is 2. The van der Waals surface area contributed by atoms with Crippen molar-refractivity contribution in [3.8, 4) is 5.75 Å². The van der Waals surface area contributed by atoms with E-state index in [4.69, 9.17) is 16.2 Å². The normalized spacial score (nSPS) is 17.8. The fraction of sp³-hybridized carbons (Fsp3) is 0.263. The van der Waals surface area contributed by atoms with Gasteiger partial charge in [0.2, 0.25) is 0 Å². The number of nitrogens with one attached hydrogen (secondary N) is 2. The number of carbonyl (C=O) groups is 1. The first-order valence-electron chi connectivity index (χ1n) is 8.82. The number of benzene rings is 1. The summed E-state index contributed by atoms with van der Waals surface area (Å²) >= 11 is 0. The number of amides is 1. The summed E-state index contributed by atoms with van der Waals surface area (Å²) in [5.74, 6) is 0.299. The summed E-state index contributed by atoms with van der Waals surface area (Å²) in [5, 5.41) is 6.02. The van der Waals surface area contributed by atoms with Crippen LogP contribution in [0.15, 0.2) is 53.5 Å². The van der Waals surface area contributed by atoms with Crippen molar-refractivity contribution in [2.45, 2.75) is 18.5 Å². The highest BCUT2D eigenvalue weighted by Crippen LogP contribution is 2.29. The van der Waals surface area contributed by atoms with Gasteiger partial charge in [-0.1, -0.05) is 12.1 Å². The molecule has 1 amide bonds. The van der Waals surface area contributed by atoms with Gasteiger partial charge in [-0.2, -0.15) is 0 Å². The molecule has 2 aromatic rings. The van der Waals surface area contributed by atoms with E-state index < -0.39 is 5.91 Å². The van der Waals surface area contributed by atoms with Crippen LogP contribution in [0.4, 0.5) is 5.82 Å². The molecule has 1 fully saturated rings. The maximum Gasteiger partial charge on any atom is 0.278 e. The number of nitrogens with zero attached hydrogens (tertiary/aromatic N) is 3. The fourth-order valence-electron chi connectivity index (χ4n) is 2.82. The molecule has 0 radical (unpaired) electrons. The zero-order valence-corrected chi connectivity index (χ0v) is 15.5. The van der Waals surface area contributed by atoms with Crippen LogP contribution in [0.1, 0.15) is 28.5 Å². The van der Waals surface area contributed by atoms with Crippen LogP contribution in [0.2, 0.25) is 0 Å². The van der Waals surface area contributed by atoms with E-state index in [9.17, 15) is 4.79 Å². The molecule has 6 N–H and O–H groups in total. The Morgan fingerprint density at radius 1 is 1.43 bits per heavy atom. The Morgan fingerprint density at radius 2 is 2.21 bits per heavy atom. The maximum atomic E-state index is 12.4. The highest BCUT2D eigenvalue weighted by Gasteiger charge is 2.27. The van der Waals surface area contributed by atoms with Crippen LogP contribution < -0.4 is 26.8 Å². The molecule has 3 rings (SSSR count). The Morgan fingerprint density at radius 3 is 2.86 bits per heavy atom. The van der Waals surface area contributed by atoms with E-state index in [1.807, 2.05) is 24.3 Å². The van der Waals surface area contributed by atoms with E-state index in [1.165, 1.54) is 24.8 Å². The van der Waals surface area contributed by atoms with E-state index in [-0.39, 0.29) is 23.6 Å². The van der Waals surface area contributed by atoms with Crippen molar-refractivity contribution in [1.82, 2.24) is 20.6 Å². The number of allylic oxidation sites excluding steroid dienone is 1. The van der Waals surface area contributed by atoms with Crippen LogP contribution in [-0.2, 0) is 0 Å². The van der Waals surface area contributed by atoms with Crippen LogP contribution in [0, 0.1) is 0 Å². The SMILES string of the molecule is COc1cccc(C(N=C/C(=C\N)NC(=O)c2nccnc2N)C2CCN2)c1. The molecule has 1 aromatic heterocycles. The molecule has 9 heteroatoms. The minimum atomic E-state index is -0.506. The van der Waals surface area contributed by atoms with E-state index in [0.29, 0.717) is 5.70 Å². The van der Waals surface area contributed by atoms with Gasteiger partial charge in [0.1, 0.15) is 5.75 Å². The van der Waals surface area contributed by atoms with Gasteiger partial charge in [0, 0.05) is 30.9 Å². The Bertz CT molecular complexity index is 893. The van der Waals surface area contributed by atoms with Crippen molar-refractivity contribution in [2.75, 3.05) is 19.4 Å². The van der Waals surface area contributed by atoms with Crippen LogP contribution in [0.3, 0.4) is 0 Å². The summed E-state index contributed by atoms with van der Waals surface area (Å²) in [6.07, 6.45) is 6.62. The Labute approximate surface area is 162 Å². The molecule has 0 saturated carbocycles. The summed E-state index contributed by atoms with van der Waals surface area (Å²) < 4.78 is 5.31. The number of carbonyl (C=O) groups excluding carboxylic acids is 1. The lowest BCUT2D eigenvalue weighted by atomic mass is 9.92. The Hall–Kier alpha value is -3.46. The smallest absolute Gasteiger partial charge is 0.278 e. The largest absolute Gasteiger partial charge is 0.497 e. The second kappa shape index (κ2) is 8.96. The van der Waals surface area contributed by atoms with Gasteiger partial charge in [0.05, 0.1) is 18.8 Å². The zero-order chi connectivity index (χ0) is 19.9. The average molecular weight is 381 g/mol. The molecule has 2 atom stereocenters. The number of rotatable bonds is 7. The molecule has 0 aliphatic carbocycles. The second-order valence-electron chi connectivity index (χ2n) is 6.22. The minimum absolute atomic E-state index is 0.0280. The second-order valence-corrected chi connectivity index (χ2v) is 6.22. The van der Waals surface area contributed by atoms with Crippen molar-refractivity contribution in [1.29, 1.82) is 0 Å². The van der Waals surface area contributed by atoms with E-state index >= 15 is 0 Å². The van der Waals surface area contributed by atoms with Gasteiger partial charge >= 0.3 is 0 Å². The van der Waals surface area contributed by atoms with Gasteiger partial charge in [-0.05, 0) is 30.7 Å². The lowest BCUT2D eigenvalue weighted by Gasteiger charge is -2.33. The van der Waals surface area contributed by atoms with Crippen LogP contribution in [0.5, 0.6) is 5.75 Å². The average Bonchev–Trinajstić information content (AvgIpc) is 2.68. The summed E-state index contributed by atoms with van der Waals surface area (Å²) in [5.41, 5.74) is 12.7. The van der Waals surface area contributed by atoms with Crippen molar-refractivity contribution >= 4 is 17.9 Å². The van der Waals surface area contributed by atoms with Gasteiger partial charge in [0.15, 0.2) is 11.5 Å². The van der Waals surface area contributed by atoms with Crippen molar-refractivity contribution in [2.24, 2.45) is 10.7 Å². The van der Waals surface area contributed by atoms with Gasteiger partial charge in [-0.3, -0.25) is 9.79 Å². The molecule has 2 unspecified atom stereocenters. The topological polar surface area (TPSA) is 141 Å². The number of anilines is 1. The summed E-state index contributed by atoms with van der Waals surface area (Å²) in [7, 11) is 1.63. The number of ether oxygens (including phenoxy) is 1. The molecule has 0 spiro atoms. The summed E-state index contributed by atoms with van der Waals surface area (Å²) in [6.45, 7) is 0.947.